The van der Waals surface area contributed by atoms with Crippen LogP contribution in [-0.2, 0) is 5.41 Å². The van der Waals surface area contributed by atoms with Crippen molar-refractivity contribution in [3.63, 3.8) is 0 Å². The normalized spacial score (nSPS) is 18.5. The fourth-order valence-corrected chi connectivity index (χ4v) is 3.24. The molecule has 1 aromatic rings. The zero-order valence-electron chi connectivity index (χ0n) is 10.2. The van der Waals surface area contributed by atoms with E-state index in [0.717, 1.165) is 31.5 Å². The van der Waals surface area contributed by atoms with Gasteiger partial charge in [-0.2, -0.15) is 0 Å². The monoisotopic (exact) mass is 255 g/mol. The number of hydrogen-bond donors (Lipinski definition) is 1. The molecule has 17 heavy (non-hydrogen) atoms. The molecule has 0 heterocycles. The highest BCUT2D eigenvalue weighted by molar-refractivity contribution is 6.31. The molecule has 0 amide bonds. The van der Waals surface area contributed by atoms with Crippen LogP contribution >= 0.6 is 11.6 Å². The Hall–Kier alpha value is -0.600. The van der Waals surface area contributed by atoms with Crippen molar-refractivity contribution in [3.8, 4) is 0 Å². The van der Waals surface area contributed by atoms with Crippen LogP contribution in [-0.4, -0.2) is 13.1 Å². The van der Waals surface area contributed by atoms with Gasteiger partial charge in [-0.15, -0.1) is 0 Å². The van der Waals surface area contributed by atoms with Gasteiger partial charge in [0.15, 0.2) is 0 Å². The molecule has 2 rings (SSSR count). The molecule has 1 aliphatic rings. The second-order valence-electron chi connectivity index (χ2n) is 4.89. The third-order valence-electron chi connectivity index (χ3n) is 3.78. The van der Waals surface area contributed by atoms with Gasteiger partial charge < -0.3 is 5.32 Å². The highest BCUT2D eigenvalue weighted by atomic mass is 35.5. The van der Waals surface area contributed by atoms with Crippen LogP contribution in [0.2, 0.25) is 5.02 Å². The molecule has 0 radical (unpaired) electrons. The SMILES string of the molecule is CCNCC1(c2ccc(F)cc2Cl)CCCC1. The lowest BCUT2D eigenvalue weighted by Gasteiger charge is -2.31. The number of rotatable bonds is 4. The largest absolute Gasteiger partial charge is 0.316 e. The van der Waals surface area contributed by atoms with Gasteiger partial charge in [0.1, 0.15) is 5.82 Å². The summed E-state index contributed by atoms with van der Waals surface area (Å²) in [5.41, 5.74) is 1.22. The molecule has 1 nitrogen and oxygen atoms in total. The fraction of sp³-hybridized carbons (Fsp3) is 0.571. The van der Waals surface area contributed by atoms with Gasteiger partial charge in [-0.3, -0.25) is 0 Å². The van der Waals surface area contributed by atoms with E-state index in [1.165, 1.54) is 25.0 Å². The standard InChI is InChI=1S/C14H19ClFN/c1-2-17-10-14(7-3-4-8-14)12-6-5-11(16)9-13(12)15/h5-6,9,17H,2-4,7-8,10H2,1H3. The zero-order valence-corrected chi connectivity index (χ0v) is 11.0. The van der Waals surface area contributed by atoms with Crippen molar-refractivity contribution in [2.45, 2.75) is 38.0 Å². The van der Waals surface area contributed by atoms with Gasteiger partial charge in [0.25, 0.3) is 0 Å². The quantitative estimate of drug-likeness (QED) is 0.861. The molecule has 1 N–H and O–H groups in total. The van der Waals surface area contributed by atoms with Crippen molar-refractivity contribution in [1.82, 2.24) is 5.32 Å². The summed E-state index contributed by atoms with van der Waals surface area (Å²) in [4.78, 5) is 0. The van der Waals surface area contributed by atoms with Crippen molar-refractivity contribution in [2.75, 3.05) is 13.1 Å². The van der Waals surface area contributed by atoms with Gasteiger partial charge in [-0.1, -0.05) is 37.4 Å². The summed E-state index contributed by atoms with van der Waals surface area (Å²) >= 11 is 6.21. The van der Waals surface area contributed by atoms with Gasteiger partial charge in [-0.05, 0) is 37.1 Å². The first kappa shape index (κ1) is 12.8. The van der Waals surface area contributed by atoms with Crippen molar-refractivity contribution in [3.05, 3.63) is 34.6 Å². The Morgan fingerprint density at radius 1 is 1.35 bits per heavy atom. The third-order valence-corrected chi connectivity index (χ3v) is 4.09. The molecule has 0 unspecified atom stereocenters. The zero-order chi connectivity index (χ0) is 12.3. The first-order chi connectivity index (χ1) is 8.18. The summed E-state index contributed by atoms with van der Waals surface area (Å²) in [6.45, 7) is 4.00. The molecule has 0 atom stereocenters. The van der Waals surface area contributed by atoms with Crippen molar-refractivity contribution >= 4 is 11.6 Å². The molecule has 1 aromatic carbocycles. The summed E-state index contributed by atoms with van der Waals surface area (Å²) in [5, 5.41) is 3.99. The van der Waals surface area contributed by atoms with Crippen LogP contribution in [0.15, 0.2) is 18.2 Å². The molecule has 0 bridgehead atoms. The van der Waals surface area contributed by atoms with Crippen LogP contribution in [0.3, 0.4) is 0 Å². The molecule has 0 aliphatic heterocycles. The number of halogens is 2. The molecule has 1 fully saturated rings. The molecule has 0 aromatic heterocycles. The number of hydrogen-bond acceptors (Lipinski definition) is 1. The van der Waals surface area contributed by atoms with Crippen molar-refractivity contribution in [1.29, 1.82) is 0 Å². The first-order valence-electron chi connectivity index (χ1n) is 6.34. The first-order valence-corrected chi connectivity index (χ1v) is 6.72. The number of likely N-dealkylation sites (N-methyl/N-ethyl adjacent to an activating group) is 1. The molecule has 1 saturated carbocycles. The summed E-state index contributed by atoms with van der Waals surface area (Å²) in [7, 11) is 0. The average molecular weight is 256 g/mol. The molecule has 94 valence electrons. The Balaban J connectivity index is 2.31. The molecular formula is C14H19ClFN. The van der Waals surface area contributed by atoms with Crippen LogP contribution in [0.5, 0.6) is 0 Å². The van der Waals surface area contributed by atoms with Gasteiger partial charge in [0.05, 0.1) is 0 Å². The Kier molecular flexibility index (Phi) is 4.05. The van der Waals surface area contributed by atoms with E-state index in [4.69, 9.17) is 11.6 Å². The maximum absolute atomic E-state index is 13.1. The Bertz CT molecular complexity index is 386. The molecule has 1 aliphatic carbocycles. The molecule has 0 saturated heterocycles. The highest BCUT2D eigenvalue weighted by Crippen LogP contribution is 2.43. The minimum Gasteiger partial charge on any atom is -0.316 e. The van der Waals surface area contributed by atoms with Crippen LogP contribution in [0, 0.1) is 5.82 Å². The van der Waals surface area contributed by atoms with Crippen LogP contribution in [0.1, 0.15) is 38.2 Å². The van der Waals surface area contributed by atoms with Gasteiger partial charge in [0.2, 0.25) is 0 Å². The lowest BCUT2D eigenvalue weighted by Crippen LogP contribution is -2.36. The minimum atomic E-state index is -0.254. The predicted molar refractivity (Wildman–Crippen MR) is 70.1 cm³/mol. The minimum absolute atomic E-state index is 0.112. The Labute approximate surface area is 107 Å². The molecular weight excluding hydrogens is 237 g/mol. The third kappa shape index (κ3) is 2.63. The summed E-state index contributed by atoms with van der Waals surface area (Å²) < 4.78 is 13.1. The van der Waals surface area contributed by atoms with Crippen LogP contribution < -0.4 is 5.32 Å². The molecule has 0 spiro atoms. The Morgan fingerprint density at radius 2 is 2.06 bits per heavy atom. The van der Waals surface area contributed by atoms with E-state index in [-0.39, 0.29) is 11.2 Å². The van der Waals surface area contributed by atoms with E-state index in [0.29, 0.717) is 5.02 Å². The second-order valence-corrected chi connectivity index (χ2v) is 5.30. The second kappa shape index (κ2) is 5.36. The highest BCUT2D eigenvalue weighted by Gasteiger charge is 2.36. The van der Waals surface area contributed by atoms with E-state index in [1.54, 1.807) is 0 Å². The van der Waals surface area contributed by atoms with Gasteiger partial charge >= 0.3 is 0 Å². The average Bonchev–Trinajstić information content (AvgIpc) is 2.76. The fourth-order valence-electron chi connectivity index (χ4n) is 2.88. The van der Waals surface area contributed by atoms with Crippen molar-refractivity contribution in [2.24, 2.45) is 0 Å². The van der Waals surface area contributed by atoms with E-state index in [1.807, 2.05) is 6.07 Å². The van der Waals surface area contributed by atoms with Crippen LogP contribution in [0.4, 0.5) is 4.39 Å². The van der Waals surface area contributed by atoms with Gasteiger partial charge in [0, 0.05) is 17.0 Å². The summed E-state index contributed by atoms with van der Waals surface area (Å²) in [6, 6.07) is 4.82. The topological polar surface area (TPSA) is 12.0 Å². The predicted octanol–water partition coefficient (Wildman–Crippen LogP) is 3.90. The maximum Gasteiger partial charge on any atom is 0.124 e. The van der Waals surface area contributed by atoms with E-state index in [2.05, 4.69) is 12.2 Å². The Morgan fingerprint density at radius 3 is 2.65 bits per heavy atom. The van der Waals surface area contributed by atoms with E-state index < -0.39 is 0 Å². The summed E-state index contributed by atoms with van der Waals surface area (Å²) in [6.07, 6.45) is 4.76. The maximum atomic E-state index is 13.1. The summed E-state index contributed by atoms with van der Waals surface area (Å²) in [5.74, 6) is -0.254. The number of nitrogens with one attached hydrogen (secondary N) is 1. The number of benzene rings is 1. The van der Waals surface area contributed by atoms with Gasteiger partial charge in [-0.25, -0.2) is 4.39 Å². The smallest absolute Gasteiger partial charge is 0.124 e. The lowest BCUT2D eigenvalue weighted by atomic mass is 9.78. The lowest BCUT2D eigenvalue weighted by molar-refractivity contribution is 0.410. The van der Waals surface area contributed by atoms with Crippen LogP contribution in [0.25, 0.3) is 0 Å². The molecule has 3 heteroatoms. The van der Waals surface area contributed by atoms with E-state index >= 15 is 0 Å². The van der Waals surface area contributed by atoms with Crippen molar-refractivity contribution < 1.29 is 4.39 Å². The van der Waals surface area contributed by atoms with E-state index in [9.17, 15) is 4.39 Å².